The number of carbonyl (C=O) groups is 2. The molecule has 0 radical (unpaired) electrons. The number of hydrogen-bond acceptors (Lipinski definition) is 6. The van der Waals surface area contributed by atoms with E-state index in [0.29, 0.717) is 22.3 Å². The fraction of sp³-hybridized carbons (Fsp3) is 0.273. The molecule has 0 saturated carbocycles. The number of ether oxygens (including phenoxy) is 2. The minimum Gasteiger partial charge on any atom is -0.468 e. The van der Waals surface area contributed by atoms with Gasteiger partial charge in [0.1, 0.15) is 5.82 Å². The van der Waals surface area contributed by atoms with E-state index in [-0.39, 0.29) is 17.7 Å². The number of allylic oxidation sites excluding steroid dienone is 2. The van der Waals surface area contributed by atoms with Crippen LogP contribution in [-0.2, 0) is 28.9 Å². The number of rotatable bonds is 5. The summed E-state index contributed by atoms with van der Waals surface area (Å²) in [5.41, 5.74) is 0.976. The van der Waals surface area contributed by atoms with Crippen molar-refractivity contribution in [2.75, 3.05) is 20.5 Å². The molecule has 0 unspecified atom stereocenters. The lowest BCUT2D eigenvalue weighted by Gasteiger charge is -2.23. The smallest absolute Gasteiger partial charge is 0.323 e. The van der Waals surface area contributed by atoms with Crippen LogP contribution in [-0.4, -0.2) is 40.8 Å². The summed E-state index contributed by atoms with van der Waals surface area (Å²) in [6, 6.07) is 10.3. The number of carbonyl (C=O) groups excluding carboxylic acids is 2. The molecule has 0 aliphatic heterocycles. The second-order valence-corrected chi connectivity index (χ2v) is 9.18. The van der Waals surface area contributed by atoms with Gasteiger partial charge in [0.2, 0.25) is 0 Å². The fourth-order valence-electron chi connectivity index (χ4n) is 3.66. The maximum absolute atomic E-state index is 13.4. The van der Waals surface area contributed by atoms with E-state index in [0.717, 1.165) is 6.26 Å². The molecule has 0 aromatic heterocycles. The molecule has 2 aromatic carbocycles. The Kier molecular flexibility index (Phi) is 5.81. The molecule has 158 valence electrons. The van der Waals surface area contributed by atoms with Crippen molar-refractivity contribution in [3.63, 3.8) is 0 Å². The highest BCUT2D eigenvalue weighted by molar-refractivity contribution is 7.90. The van der Waals surface area contributed by atoms with Crippen LogP contribution in [0.1, 0.15) is 18.4 Å². The molecule has 0 heterocycles. The van der Waals surface area contributed by atoms with Gasteiger partial charge in [0, 0.05) is 6.26 Å². The van der Waals surface area contributed by atoms with E-state index >= 15 is 0 Å². The summed E-state index contributed by atoms with van der Waals surface area (Å²) in [6.45, 7) is 0. The normalized spacial score (nSPS) is 15.4. The average molecular weight is 432 g/mol. The SMILES string of the molecule is COC(=O)C1(C(=O)OC)CC=C(c2ccc(S(C)(=O)=O)cc2-c2ccc(F)cc2)C1. The van der Waals surface area contributed by atoms with Crippen LogP contribution in [0.25, 0.3) is 16.7 Å². The van der Waals surface area contributed by atoms with Crippen molar-refractivity contribution in [2.45, 2.75) is 17.7 Å². The standard InChI is InChI=1S/C22H21FO6S/c1-28-20(24)22(21(25)29-2)11-10-15(13-22)18-9-8-17(30(3,26)27)12-19(18)14-4-6-16(23)7-5-14/h4-10,12H,11,13H2,1-3H3. The van der Waals surface area contributed by atoms with Crippen molar-refractivity contribution in [1.82, 2.24) is 0 Å². The number of hydrogen-bond donors (Lipinski definition) is 0. The Labute approximate surface area is 174 Å². The van der Waals surface area contributed by atoms with E-state index < -0.39 is 33.0 Å². The van der Waals surface area contributed by atoms with Crippen LogP contribution in [0.5, 0.6) is 0 Å². The van der Waals surface area contributed by atoms with Crippen LogP contribution in [0.3, 0.4) is 0 Å². The Morgan fingerprint density at radius 3 is 2.10 bits per heavy atom. The zero-order chi connectivity index (χ0) is 22.1. The summed E-state index contributed by atoms with van der Waals surface area (Å²) in [5, 5.41) is 0. The van der Waals surface area contributed by atoms with Crippen molar-refractivity contribution >= 4 is 27.3 Å². The third-order valence-corrected chi connectivity index (χ3v) is 6.37. The molecule has 0 atom stereocenters. The largest absolute Gasteiger partial charge is 0.468 e. The van der Waals surface area contributed by atoms with Gasteiger partial charge in [-0.25, -0.2) is 12.8 Å². The molecular weight excluding hydrogens is 411 g/mol. The molecule has 0 N–H and O–H groups in total. The molecule has 3 rings (SSSR count). The van der Waals surface area contributed by atoms with Gasteiger partial charge in [0.05, 0.1) is 19.1 Å². The first-order valence-electron chi connectivity index (χ1n) is 9.08. The lowest BCUT2D eigenvalue weighted by Crippen LogP contribution is -2.39. The number of sulfone groups is 1. The van der Waals surface area contributed by atoms with Crippen LogP contribution < -0.4 is 0 Å². The number of benzene rings is 2. The van der Waals surface area contributed by atoms with Gasteiger partial charge in [-0.3, -0.25) is 9.59 Å². The third kappa shape index (κ3) is 3.87. The summed E-state index contributed by atoms with van der Waals surface area (Å²) in [6.07, 6.45) is 2.98. The summed E-state index contributed by atoms with van der Waals surface area (Å²) < 4.78 is 47.2. The topological polar surface area (TPSA) is 86.7 Å². The van der Waals surface area contributed by atoms with E-state index in [1.807, 2.05) is 0 Å². The quantitative estimate of drug-likeness (QED) is 0.532. The highest BCUT2D eigenvalue weighted by Crippen LogP contribution is 2.46. The predicted molar refractivity (Wildman–Crippen MR) is 109 cm³/mol. The van der Waals surface area contributed by atoms with Crippen LogP contribution >= 0.6 is 0 Å². The molecule has 6 nitrogen and oxygen atoms in total. The molecule has 8 heteroatoms. The summed E-state index contributed by atoms with van der Waals surface area (Å²) in [4.78, 5) is 24.9. The molecule has 0 spiro atoms. The Morgan fingerprint density at radius 2 is 1.57 bits per heavy atom. The predicted octanol–water partition coefficient (Wildman–Crippen LogP) is 3.41. The zero-order valence-electron chi connectivity index (χ0n) is 16.8. The molecule has 30 heavy (non-hydrogen) atoms. The highest BCUT2D eigenvalue weighted by Gasteiger charge is 2.51. The Hall–Kier alpha value is -3.00. The molecule has 0 amide bonds. The van der Waals surface area contributed by atoms with E-state index in [2.05, 4.69) is 0 Å². The van der Waals surface area contributed by atoms with Gasteiger partial charge in [0.25, 0.3) is 0 Å². The van der Waals surface area contributed by atoms with E-state index in [1.54, 1.807) is 24.3 Å². The van der Waals surface area contributed by atoms with Crippen LogP contribution in [0.4, 0.5) is 4.39 Å². The summed E-state index contributed by atoms with van der Waals surface area (Å²) in [5.74, 6) is -1.82. The Balaban J connectivity index is 2.13. The second kappa shape index (κ2) is 8.02. The molecule has 0 bridgehead atoms. The van der Waals surface area contributed by atoms with Crippen LogP contribution in [0.15, 0.2) is 53.4 Å². The lowest BCUT2D eigenvalue weighted by molar-refractivity contribution is -0.168. The van der Waals surface area contributed by atoms with Gasteiger partial charge in [-0.2, -0.15) is 0 Å². The minimum atomic E-state index is -3.48. The fourth-order valence-corrected chi connectivity index (χ4v) is 4.31. The van der Waals surface area contributed by atoms with Crippen molar-refractivity contribution in [2.24, 2.45) is 5.41 Å². The number of methoxy groups -OCH3 is 2. The van der Waals surface area contributed by atoms with E-state index in [4.69, 9.17) is 9.47 Å². The number of halogens is 1. The van der Waals surface area contributed by atoms with Crippen molar-refractivity contribution in [3.05, 3.63) is 59.9 Å². The summed E-state index contributed by atoms with van der Waals surface area (Å²) in [7, 11) is -1.07. The van der Waals surface area contributed by atoms with Crippen molar-refractivity contribution in [1.29, 1.82) is 0 Å². The Morgan fingerprint density at radius 1 is 0.967 bits per heavy atom. The summed E-state index contributed by atoms with van der Waals surface area (Å²) >= 11 is 0. The maximum Gasteiger partial charge on any atom is 0.323 e. The first-order chi connectivity index (χ1) is 14.1. The lowest BCUT2D eigenvalue weighted by atomic mass is 9.82. The molecule has 1 aliphatic carbocycles. The van der Waals surface area contributed by atoms with Gasteiger partial charge in [-0.1, -0.05) is 24.3 Å². The zero-order valence-corrected chi connectivity index (χ0v) is 17.6. The molecule has 0 saturated heterocycles. The minimum absolute atomic E-state index is 0.0404. The molecular formula is C22H21FO6S. The average Bonchev–Trinajstić information content (AvgIpc) is 3.18. The first-order valence-corrected chi connectivity index (χ1v) is 11.0. The molecule has 0 fully saturated rings. The van der Waals surface area contributed by atoms with E-state index in [1.165, 1.54) is 38.5 Å². The monoisotopic (exact) mass is 432 g/mol. The second-order valence-electron chi connectivity index (χ2n) is 7.16. The maximum atomic E-state index is 13.4. The van der Waals surface area contributed by atoms with Gasteiger partial charge >= 0.3 is 11.9 Å². The van der Waals surface area contributed by atoms with E-state index in [9.17, 15) is 22.4 Å². The number of esters is 2. The van der Waals surface area contributed by atoms with Crippen LogP contribution in [0, 0.1) is 11.2 Å². The van der Waals surface area contributed by atoms with Gasteiger partial charge in [-0.05, 0) is 59.4 Å². The van der Waals surface area contributed by atoms with Gasteiger partial charge in [0.15, 0.2) is 15.3 Å². The van der Waals surface area contributed by atoms with Gasteiger partial charge < -0.3 is 9.47 Å². The van der Waals surface area contributed by atoms with Crippen molar-refractivity contribution in [3.8, 4) is 11.1 Å². The van der Waals surface area contributed by atoms with Crippen molar-refractivity contribution < 1.29 is 31.9 Å². The highest BCUT2D eigenvalue weighted by atomic mass is 32.2. The molecule has 2 aromatic rings. The molecule has 1 aliphatic rings. The first kappa shape index (κ1) is 21.7. The Bertz CT molecular complexity index is 1120. The third-order valence-electron chi connectivity index (χ3n) is 5.26. The van der Waals surface area contributed by atoms with Gasteiger partial charge in [-0.15, -0.1) is 0 Å². The van der Waals surface area contributed by atoms with Crippen LogP contribution in [0.2, 0.25) is 0 Å².